The lowest BCUT2D eigenvalue weighted by Gasteiger charge is -2.33. The fraction of sp³-hybridized carbons (Fsp3) is 0.733. The van der Waals surface area contributed by atoms with Crippen LogP contribution >= 0.6 is 0 Å². The first-order chi connectivity index (χ1) is 8.81. The van der Waals surface area contributed by atoms with Gasteiger partial charge in [-0.05, 0) is 24.8 Å². The molecule has 0 aromatic heterocycles. The Kier molecular flexibility index (Phi) is 3.55. The predicted octanol–water partition coefficient (Wildman–Crippen LogP) is 2.96. The third-order valence-electron chi connectivity index (χ3n) is 4.25. The quantitative estimate of drug-likeness (QED) is 0.754. The summed E-state index contributed by atoms with van der Waals surface area (Å²) in [6.07, 6.45) is 11.1. The van der Waals surface area contributed by atoms with Crippen LogP contribution in [0.5, 0.6) is 0 Å². The van der Waals surface area contributed by atoms with Gasteiger partial charge in [-0.25, -0.2) is 0 Å². The van der Waals surface area contributed by atoms with Crippen LogP contribution in [0.4, 0.5) is 0 Å². The average Bonchev–Trinajstić information content (AvgIpc) is 2.83. The Morgan fingerprint density at radius 1 is 1.22 bits per heavy atom. The van der Waals surface area contributed by atoms with E-state index in [0.29, 0.717) is 13.2 Å². The van der Waals surface area contributed by atoms with Gasteiger partial charge >= 0.3 is 0 Å². The Morgan fingerprint density at radius 2 is 2.06 bits per heavy atom. The van der Waals surface area contributed by atoms with Gasteiger partial charge in [0.25, 0.3) is 0 Å². The predicted molar refractivity (Wildman–Crippen MR) is 69.3 cm³/mol. The van der Waals surface area contributed by atoms with Crippen LogP contribution in [0.15, 0.2) is 24.3 Å². The summed E-state index contributed by atoms with van der Waals surface area (Å²) < 4.78 is 18.0. The molecule has 0 aromatic rings. The second kappa shape index (κ2) is 5.16. The normalized spacial score (nSPS) is 35.4. The highest BCUT2D eigenvalue weighted by Crippen LogP contribution is 2.39. The van der Waals surface area contributed by atoms with Gasteiger partial charge in [0.2, 0.25) is 0 Å². The van der Waals surface area contributed by atoms with E-state index in [2.05, 4.69) is 12.7 Å². The van der Waals surface area contributed by atoms with Crippen LogP contribution in [0, 0.1) is 0 Å². The lowest BCUT2D eigenvalue weighted by molar-refractivity contribution is -0.198. The van der Waals surface area contributed by atoms with Crippen LogP contribution in [0.3, 0.4) is 0 Å². The van der Waals surface area contributed by atoms with E-state index in [1.165, 1.54) is 24.8 Å². The molecule has 0 N–H and O–H groups in total. The molecule has 1 aliphatic carbocycles. The zero-order valence-corrected chi connectivity index (χ0v) is 10.9. The summed E-state index contributed by atoms with van der Waals surface area (Å²) in [6, 6.07) is 0. The van der Waals surface area contributed by atoms with E-state index in [9.17, 15) is 0 Å². The minimum absolute atomic E-state index is 0.103. The number of ether oxygens (including phenoxy) is 3. The van der Waals surface area contributed by atoms with E-state index in [1.54, 1.807) is 0 Å². The minimum Gasteiger partial charge on any atom is -0.370 e. The summed E-state index contributed by atoms with van der Waals surface area (Å²) in [4.78, 5) is 0. The molecule has 1 saturated heterocycles. The van der Waals surface area contributed by atoms with Crippen molar-refractivity contribution in [3.63, 3.8) is 0 Å². The van der Waals surface area contributed by atoms with E-state index < -0.39 is 0 Å². The molecule has 3 rings (SSSR count). The maximum Gasteiger partial charge on any atom is 0.169 e. The monoisotopic (exact) mass is 250 g/mol. The molecule has 2 atom stereocenters. The summed E-state index contributed by atoms with van der Waals surface area (Å²) in [5.74, 6) is -0.283. The van der Waals surface area contributed by atoms with Gasteiger partial charge in [-0.1, -0.05) is 25.2 Å². The molecule has 18 heavy (non-hydrogen) atoms. The van der Waals surface area contributed by atoms with Crippen LogP contribution in [-0.2, 0) is 14.2 Å². The number of hydrogen-bond acceptors (Lipinski definition) is 3. The topological polar surface area (TPSA) is 27.7 Å². The van der Waals surface area contributed by atoms with E-state index in [4.69, 9.17) is 14.2 Å². The first kappa shape index (κ1) is 12.4. The van der Waals surface area contributed by atoms with Gasteiger partial charge in [-0.15, -0.1) is 0 Å². The van der Waals surface area contributed by atoms with Gasteiger partial charge in [0.05, 0.1) is 19.3 Å². The Hall–Kier alpha value is -0.640. The number of rotatable bonds is 2. The highest BCUT2D eigenvalue weighted by molar-refractivity contribution is 5.19. The molecule has 1 spiro atoms. The van der Waals surface area contributed by atoms with Crippen molar-refractivity contribution in [1.82, 2.24) is 0 Å². The molecule has 100 valence electrons. The zero-order chi connectivity index (χ0) is 12.4. The fourth-order valence-electron chi connectivity index (χ4n) is 3.11. The lowest BCUT2D eigenvalue weighted by Crippen LogP contribution is -2.37. The molecule has 2 fully saturated rings. The highest BCUT2D eigenvalue weighted by atomic mass is 16.8. The van der Waals surface area contributed by atoms with Crippen molar-refractivity contribution in [3.8, 4) is 0 Å². The van der Waals surface area contributed by atoms with Crippen molar-refractivity contribution < 1.29 is 14.2 Å². The third kappa shape index (κ3) is 2.40. The summed E-state index contributed by atoms with van der Waals surface area (Å²) in [5.41, 5.74) is 1.18. The van der Waals surface area contributed by atoms with Crippen LogP contribution in [0.25, 0.3) is 0 Å². The van der Waals surface area contributed by atoms with Crippen molar-refractivity contribution in [2.24, 2.45) is 0 Å². The molecule has 3 nitrogen and oxygen atoms in total. The van der Waals surface area contributed by atoms with Gasteiger partial charge in [0.1, 0.15) is 6.10 Å². The zero-order valence-electron chi connectivity index (χ0n) is 10.9. The van der Waals surface area contributed by atoms with Crippen LogP contribution < -0.4 is 0 Å². The molecular formula is C15H22O3. The van der Waals surface area contributed by atoms with Gasteiger partial charge in [-0.3, -0.25) is 0 Å². The molecule has 0 bridgehead atoms. The maximum absolute atomic E-state index is 6.20. The van der Waals surface area contributed by atoms with Crippen molar-refractivity contribution in [1.29, 1.82) is 0 Å². The van der Waals surface area contributed by atoms with E-state index in [-0.39, 0.29) is 18.0 Å². The molecule has 2 heterocycles. The van der Waals surface area contributed by atoms with Gasteiger partial charge < -0.3 is 14.2 Å². The smallest absolute Gasteiger partial charge is 0.169 e. The fourth-order valence-corrected chi connectivity index (χ4v) is 3.11. The Bertz CT molecular complexity index is 342. The van der Waals surface area contributed by atoms with Crippen molar-refractivity contribution in [2.45, 2.75) is 56.5 Å². The van der Waals surface area contributed by atoms with Gasteiger partial charge in [0, 0.05) is 12.8 Å². The Morgan fingerprint density at radius 3 is 2.72 bits per heavy atom. The van der Waals surface area contributed by atoms with Crippen LogP contribution in [0.1, 0.15) is 38.5 Å². The highest BCUT2D eigenvalue weighted by Gasteiger charge is 2.45. The standard InChI is InChI=1S/C15H22O3/c1-2-12-6-7-13(16-10-12)14-11-17-15(18-14)8-4-3-5-9-15/h2,6,13-14H,1,3-5,7-11H2/t13-,14+/m0/s1. The first-order valence-electron chi connectivity index (χ1n) is 7.06. The van der Waals surface area contributed by atoms with Gasteiger partial charge in [0.15, 0.2) is 5.79 Å². The molecule has 2 aliphatic heterocycles. The third-order valence-corrected chi connectivity index (χ3v) is 4.25. The Labute approximate surface area is 109 Å². The van der Waals surface area contributed by atoms with Crippen LogP contribution in [0.2, 0.25) is 0 Å². The van der Waals surface area contributed by atoms with E-state index in [0.717, 1.165) is 19.3 Å². The van der Waals surface area contributed by atoms with E-state index in [1.807, 2.05) is 6.08 Å². The summed E-state index contributed by atoms with van der Waals surface area (Å²) in [7, 11) is 0. The molecular weight excluding hydrogens is 228 g/mol. The molecule has 1 saturated carbocycles. The van der Waals surface area contributed by atoms with Crippen molar-refractivity contribution in [2.75, 3.05) is 13.2 Å². The summed E-state index contributed by atoms with van der Waals surface area (Å²) >= 11 is 0. The summed E-state index contributed by atoms with van der Waals surface area (Å²) in [5, 5.41) is 0. The van der Waals surface area contributed by atoms with Gasteiger partial charge in [-0.2, -0.15) is 0 Å². The molecule has 3 heteroatoms. The molecule has 0 amide bonds. The van der Waals surface area contributed by atoms with Crippen LogP contribution in [-0.4, -0.2) is 31.2 Å². The molecule has 3 aliphatic rings. The first-order valence-corrected chi connectivity index (χ1v) is 7.06. The SMILES string of the molecule is C=CC1=CC[C@@H]([C@H]2COC3(CCCCC3)O2)OC1. The summed E-state index contributed by atoms with van der Waals surface area (Å²) in [6.45, 7) is 5.11. The maximum atomic E-state index is 6.20. The second-order valence-corrected chi connectivity index (χ2v) is 5.51. The largest absolute Gasteiger partial charge is 0.370 e. The molecule has 0 aromatic carbocycles. The lowest BCUT2D eigenvalue weighted by atomic mass is 9.94. The average molecular weight is 250 g/mol. The number of hydrogen-bond donors (Lipinski definition) is 0. The van der Waals surface area contributed by atoms with E-state index >= 15 is 0 Å². The second-order valence-electron chi connectivity index (χ2n) is 5.51. The minimum atomic E-state index is -0.283. The van der Waals surface area contributed by atoms with Crippen molar-refractivity contribution >= 4 is 0 Å². The van der Waals surface area contributed by atoms with Crippen molar-refractivity contribution in [3.05, 3.63) is 24.3 Å². The molecule has 0 radical (unpaired) electrons. The Balaban J connectivity index is 1.59. The molecule has 0 unspecified atom stereocenters.